The zero-order valence-corrected chi connectivity index (χ0v) is 30.4. The maximum atomic E-state index is 14.5. The van der Waals surface area contributed by atoms with Crippen LogP contribution in [-0.2, 0) is 31.8 Å². The van der Waals surface area contributed by atoms with Gasteiger partial charge in [0.25, 0.3) is 17.2 Å². The van der Waals surface area contributed by atoms with Gasteiger partial charge in [0.2, 0.25) is 5.91 Å². The van der Waals surface area contributed by atoms with Gasteiger partial charge in [-0.3, -0.25) is 23.2 Å². The number of hydrogen-bond donors (Lipinski definition) is 2. The lowest BCUT2D eigenvalue weighted by Crippen LogP contribution is -2.42. The van der Waals surface area contributed by atoms with Crippen LogP contribution in [-0.4, -0.2) is 56.6 Å². The van der Waals surface area contributed by atoms with Gasteiger partial charge in [-0.15, -0.1) is 0 Å². The largest absolute Gasteiger partial charge is 0.469 e. The molecule has 5 aromatic rings. The fourth-order valence-corrected chi connectivity index (χ4v) is 7.43. The van der Waals surface area contributed by atoms with Crippen LogP contribution in [0.5, 0.6) is 0 Å². The molecule has 0 aliphatic rings. The number of anilines is 2. The van der Waals surface area contributed by atoms with Gasteiger partial charge in [0.1, 0.15) is 5.00 Å². The highest BCUT2D eigenvalue weighted by atomic mass is 32.2. The molecule has 2 unspecified atom stereocenters. The molecule has 0 aliphatic heterocycles. The van der Waals surface area contributed by atoms with Crippen LogP contribution in [0.25, 0.3) is 22.3 Å². The molecule has 15 heteroatoms. The second-order valence-electron chi connectivity index (χ2n) is 11.9. The zero-order valence-electron chi connectivity index (χ0n) is 28.8. The highest BCUT2D eigenvalue weighted by Crippen LogP contribution is 2.35. The summed E-state index contributed by atoms with van der Waals surface area (Å²) < 4.78 is 68.6. The number of methoxy groups -OCH3 is 1. The maximum Gasteiger partial charge on any atom is 0.416 e. The van der Waals surface area contributed by atoms with Crippen LogP contribution in [0.2, 0.25) is 0 Å². The minimum absolute atomic E-state index is 0.152. The van der Waals surface area contributed by atoms with E-state index in [4.69, 9.17) is 4.74 Å². The van der Waals surface area contributed by atoms with Gasteiger partial charge in [-0.25, -0.2) is 9.19 Å². The molecule has 5 rings (SSSR count). The third kappa shape index (κ3) is 9.74. The Morgan fingerprint density at radius 1 is 0.868 bits per heavy atom. The number of carbonyl (C=O) groups excluding carboxylic acids is 3. The number of aromatic nitrogens is 1. The molecule has 0 radical (unpaired) electrons. The van der Waals surface area contributed by atoms with Crippen molar-refractivity contribution in [2.75, 3.05) is 29.8 Å². The molecule has 0 fully saturated rings. The molecule has 10 nitrogen and oxygen atoms in total. The van der Waals surface area contributed by atoms with Gasteiger partial charge in [0.15, 0.2) is 5.13 Å². The third-order valence-electron chi connectivity index (χ3n) is 8.32. The zero-order chi connectivity index (χ0) is 38.3. The summed E-state index contributed by atoms with van der Waals surface area (Å²) >= 11 is -1.58. The first-order valence-corrected chi connectivity index (χ1v) is 18.1. The van der Waals surface area contributed by atoms with Crippen LogP contribution < -0.4 is 9.62 Å². The minimum Gasteiger partial charge on any atom is -0.469 e. The van der Waals surface area contributed by atoms with Crippen LogP contribution in [0.15, 0.2) is 103 Å². The van der Waals surface area contributed by atoms with Crippen molar-refractivity contribution in [1.29, 1.82) is 0 Å². The summed E-state index contributed by atoms with van der Waals surface area (Å²) in [5.41, 5.74) is 3.34. The van der Waals surface area contributed by atoms with E-state index in [1.165, 1.54) is 43.2 Å². The van der Waals surface area contributed by atoms with Gasteiger partial charge < -0.3 is 15.0 Å². The van der Waals surface area contributed by atoms with E-state index in [0.29, 0.717) is 27.4 Å². The Kier molecular flexibility index (Phi) is 12.4. The van der Waals surface area contributed by atoms with Crippen molar-refractivity contribution >= 4 is 50.5 Å². The highest BCUT2D eigenvalue weighted by molar-refractivity contribution is 7.81. The Hall–Kier alpha value is -5.38. The van der Waals surface area contributed by atoms with Crippen molar-refractivity contribution in [3.8, 4) is 22.3 Å². The van der Waals surface area contributed by atoms with Crippen molar-refractivity contribution in [3.63, 3.8) is 0 Å². The van der Waals surface area contributed by atoms with E-state index in [2.05, 4.69) is 10.3 Å². The standard InChI is InChI=1S/C38H35F3N4O6S2/c1-24-36(52-37(42-24)43-25(2)46)45(53(49)50)22-21-44(33(23-34(47)51-3)30-13-9-27(10-14-30)26-7-5-4-6-8-26)35(48)31-15-11-28(12-16-31)29-17-19-32(20-18-29)38(39,40)41/h4-20,33H,21-23H2,1-3H3,(H,49,50)(H,42,43,46). The van der Waals surface area contributed by atoms with Crippen molar-refractivity contribution in [1.82, 2.24) is 9.88 Å². The summed E-state index contributed by atoms with van der Waals surface area (Å²) in [6, 6.07) is 27.0. The number of nitrogens with zero attached hydrogens (tertiary/aromatic N) is 3. The van der Waals surface area contributed by atoms with Gasteiger partial charge >= 0.3 is 12.1 Å². The Morgan fingerprint density at radius 2 is 1.42 bits per heavy atom. The quantitative estimate of drug-likeness (QED) is 0.0915. The normalized spacial score (nSPS) is 12.4. The van der Waals surface area contributed by atoms with Gasteiger partial charge in [-0.05, 0) is 59.0 Å². The SMILES string of the molecule is COC(=O)CC(c1ccc(-c2ccccc2)cc1)N(CCN(c1sc(NC(C)=O)nc1C)S(=O)O)C(=O)c1ccc(-c2ccc(C(F)(F)F)cc2)cc1. The Bertz CT molecular complexity index is 2070. The van der Waals surface area contributed by atoms with Crippen LogP contribution in [0.1, 0.15) is 46.6 Å². The van der Waals surface area contributed by atoms with E-state index in [9.17, 15) is 36.3 Å². The number of amides is 2. The Balaban J connectivity index is 1.52. The topological polar surface area (TPSA) is 129 Å². The second kappa shape index (κ2) is 17.0. The van der Waals surface area contributed by atoms with E-state index in [-0.39, 0.29) is 36.1 Å². The van der Waals surface area contributed by atoms with Crippen molar-refractivity contribution in [2.24, 2.45) is 0 Å². The molecule has 0 aliphatic carbocycles. The Labute approximate surface area is 310 Å². The predicted octanol–water partition coefficient (Wildman–Crippen LogP) is 8.15. The summed E-state index contributed by atoms with van der Waals surface area (Å²) in [6.45, 7) is 2.60. The number of esters is 1. The summed E-state index contributed by atoms with van der Waals surface area (Å²) in [5, 5.41) is 3.09. The van der Waals surface area contributed by atoms with Crippen LogP contribution in [0, 0.1) is 6.92 Å². The summed E-state index contributed by atoms with van der Waals surface area (Å²) in [4.78, 5) is 44.7. The molecule has 2 amide bonds. The molecule has 4 aromatic carbocycles. The molecule has 0 spiro atoms. The number of aryl methyl sites for hydroxylation is 1. The lowest BCUT2D eigenvalue weighted by atomic mass is 9.97. The number of ether oxygens (including phenoxy) is 1. The van der Waals surface area contributed by atoms with Gasteiger partial charge in [-0.2, -0.15) is 13.2 Å². The van der Waals surface area contributed by atoms with E-state index in [1.807, 2.05) is 42.5 Å². The number of hydrogen-bond acceptors (Lipinski definition) is 7. The van der Waals surface area contributed by atoms with Crippen molar-refractivity contribution < 1.29 is 41.1 Å². The number of alkyl halides is 3. The van der Waals surface area contributed by atoms with Crippen LogP contribution in [0.4, 0.5) is 23.3 Å². The highest BCUT2D eigenvalue weighted by Gasteiger charge is 2.32. The maximum absolute atomic E-state index is 14.5. The number of benzene rings is 4. The first-order valence-electron chi connectivity index (χ1n) is 16.2. The number of nitrogens with one attached hydrogen (secondary N) is 1. The van der Waals surface area contributed by atoms with Gasteiger partial charge in [-0.1, -0.05) is 90.2 Å². The average Bonchev–Trinajstić information content (AvgIpc) is 3.50. The fourth-order valence-electron chi connectivity index (χ4n) is 5.67. The molecular formula is C38H35F3N4O6S2. The average molecular weight is 765 g/mol. The fraction of sp³-hybridized carbons (Fsp3) is 0.211. The van der Waals surface area contributed by atoms with Crippen LogP contribution in [0.3, 0.4) is 0 Å². The van der Waals surface area contributed by atoms with E-state index in [1.54, 1.807) is 31.2 Å². The minimum atomic E-state index is -4.48. The van der Waals surface area contributed by atoms with E-state index < -0.39 is 40.9 Å². The molecule has 1 heterocycles. The molecule has 2 N–H and O–H groups in total. The first-order chi connectivity index (χ1) is 25.2. The molecule has 1 aromatic heterocycles. The molecule has 0 saturated carbocycles. The number of halogens is 3. The van der Waals surface area contributed by atoms with Crippen molar-refractivity contribution in [2.45, 2.75) is 32.5 Å². The summed E-state index contributed by atoms with van der Waals surface area (Å²) in [5.74, 6) is -1.49. The molecule has 2 atom stereocenters. The first kappa shape index (κ1) is 38.8. The second-order valence-corrected chi connectivity index (χ2v) is 13.7. The predicted molar refractivity (Wildman–Crippen MR) is 198 cm³/mol. The number of thiazole rings is 1. The van der Waals surface area contributed by atoms with E-state index in [0.717, 1.165) is 38.9 Å². The number of rotatable bonds is 13. The molecular weight excluding hydrogens is 730 g/mol. The summed E-state index contributed by atoms with van der Waals surface area (Å²) in [7, 11) is 1.24. The molecule has 276 valence electrons. The smallest absolute Gasteiger partial charge is 0.416 e. The van der Waals surface area contributed by atoms with Crippen molar-refractivity contribution in [3.05, 3.63) is 126 Å². The van der Waals surface area contributed by atoms with Gasteiger partial charge in [0, 0.05) is 19.0 Å². The monoisotopic (exact) mass is 764 g/mol. The lowest BCUT2D eigenvalue weighted by molar-refractivity contribution is -0.142. The molecule has 53 heavy (non-hydrogen) atoms. The molecule has 0 bridgehead atoms. The lowest BCUT2D eigenvalue weighted by Gasteiger charge is -2.33. The summed E-state index contributed by atoms with van der Waals surface area (Å²) in [6.07, 6.45) is -4.73. The van der Waals surface area contributed by atoms with Crippen LogP contribution >= 0.6 is 11.3 Å². The molecule has 0 saturated heterocycles. The number of carbonyl (C=O) groups is 3. The third-order valence-corrected chi connectivity index (χ3v) is 10.3. The van der Waals surface area contributed by atoms with E-state index >= 15 is 0 Å². The van der Waals surface area contributed by atoms with Gasteiger partial charge in [0.05, 0.1) is 37.4 Å². The Morgan fingerprint density at radius 3 is 1.94 bits per heavy atom.